The van der Waals surface area contributed by atoms with E-state index in [1.54, 1.807) is 14.2 Å². The number of nitrogens with two attached hydrogens (primary N) is 1. The number of rotatable bonds is 7. The number of hydrogen-bond donors (Lipinski definition) is 2. The van der Waals surface area contributed by atoms with Crippen LogP contribution >= 0.6 is 0 Å². The Morgan fingerprint density at radius 2 is 1.86 bits per heavy atom. The van der Waals surface area contributed by atoms with Gasteiger partial charge in [-0.15, -0.1) is 0 Å². The molecule has 1 aliphatic carbocycles. The van der Waals surface area contributed by atoms with Crippen LogP contribution in [-0.2, 0) is 11.2 Å². The SMILES string of the molecule is COc1ccc(CC(NC(=O)C2CCCC(N)C2)c2ccccc2)cc1OC. The Bertz CT molecular complexity index is 779. The summed E-state index contributed by atoms with van der Waals surface area (Å²) in [5.41, 5.74) is 8.25. The highest BCUT2D eigenvalue weighted by Gasteiger charge is 2.27. The van der Waals surface area contributed by atoms with Gasteiger partial charge in [-0.05, 0) is 48.9 Å². The normalized spacial score (nSPS) is 20.2. The Morgan fingerprint density at radius 1 is 1.11 bits per heavy atom. The summed E-state index contributed by atoms with van der Waals surface area (Å²) in [5.74, 6) is 1.49. The summed E-state index contributed by atoms with van der Waals surface area (Å²) in [4.78, 5) is 12.9. The maximum atomic E-state index is 12.9. The van der Waals surface area contributed by atoms with Crippen molar-refractivity contribution in [3.63, 3.8) is 0 Å². The summed E-state index contributed by atoms with van der Waals surface area (Å²) < 4.78 is 10.8. The maximum absolute atomic E-state index is 12.9. The van der Waals surface area contributed by atoms with Crippen molar-refractivity contribution in [3.05, 3.63) is 59.7 Å². The summed E-state index contributed by atoms with van der Waals surface area (Å²) in [7, 11) is 3.25. The van der Waals surface area contributed by atoms with E-state index in [0.717, 1.165) is 36.8 Å². The zero-order valence-corrected chi connectivity index (χ0v) is 16.7. The van der Waals surface area contributed by atoms with Gasteiger partial charge in [0.15, 0.2) is 11.5 Å². The van der Waals surface area contributed by atoms with Crippen LogP contribution in [0.1, 0.15) is 42.9 Å². The average Bonchev–Trinajstić information content (AvgIpc) is 2.73. The molecule has 1 saturated carbocycles. The van der Waals surface area contributed by atoms with Gasteiger partial charge in [0.25, 0.3) is 0 Å². The van der Waals surface area contributed by atoms with Gasteiger partial charge in [-0.2, -0.15) is 0 Å². The zero-order valence-electron chi connectivity index (χ0n) is 16.7. The molecule has 0 aliphatic heterocycles. The Hall–Kier alpha value is -2.53. The van der Waals surface area contributed by atoms with Gasteiger partial charge in [-0.1, -0.05) is 42.8 Å². The van der Waals surface area contributed by atoms with Crippen LogP contribution in [0.3, 0.4) is 0 Å². The van der Waals surface area contributed by atoms with Gasteiger partial charge in [0.1, 0.15) is 0 Å². The van der Waals surface area contributed by atoms with Crippen LogP contribution < -0.4 is 20.5 Å². The second-order valence-electron chi connectivity index (χ2n) is 7.49. The highest BCUT2D eigenvalue weighted by atomic mass is 16.5. The molecule has 0 saturated heterocycles. The van der Waals surface area contributed by atoms with Crippen LogP contribution in [0.2, 0.25) is 0 Å². The molecule has 5 heteroatoms. The van der Waals surface area contributed by atoms with Crippen molar-refractivity contribution in [1.82, 2.24) is 5.32 Å². The molecular weight excluding hydrogens is 352 g/mol. The van der Waals surface area contributed by atoms with Crippen molar-refractivity contribution >= 4 is 5.91 Å². The molecule has 0 aromatic heterocycles. The zero-order chi connectivity index (χ0) is 19.9. The number of carbonyl (C=O) groups is 1. The molecule has 1 fully saturated rings. The molecule has 150 valence electrons. The maximum Gasteiger partial charge on any atom is 0.223 e. The molecular formula is C23H30N2O3. The van der Waals surface area contributed by atoms with Crippen molar-refractivity contribution in [3.8, 4) is 11.5 Å². The lowest BCUT2D eigenvalue weighted by Crippen LogP contribution is -2.39. The minimum Gasteiger partial charge on any atom is -0.493 e. The predicted molar refractivity (Wildman–Crippen MR) is 111 cm³/mol. The summed E-state index contributed by atoms with van der Waals surface area (Å²) in [6.45, 7) is 0. The van der Waals surface area contributed by atoms with Gasteiger partial charge in [0, 0.05) is 12.0 Å². The summed E-state index contributed by atoms with van der Waals surface area (Å²) in [6, 6.07) is 16.0. The first-order valence-electron chi connectivity index (χ1n) is 9.92. The molecule has 5 nitrogen and oxygen atoms in total. The third-order valence-electron chi connectivity index (χ3n) is 5.49. The van der Waals surface area contributed by atoms with Crippen molar-refractivity contribution < 1.29 is 14.3 Å². The highest BCUT2D eigenvalue weighted by molar-refractivity contribution is 5.79. The molecule has 3 unspecified atom stereocenters. The molecule has 3 atom stereocenters. The number of methoxy groups -OCH3 is 2. The largest absolute Gasteiger partial charge is 0.493 e. The van der Waals surface area contributed by atoms with Crippen LogP contribution in [0, 0.1) is 5.92 Å². The van der Waals surface area contributed by atoms with Crippen LogP contribution in [0.4, 0.5) is 0 Å². The van der Waals surface area contributed by atoms with Crippen LogP contribution in [-0.4, -0.2) is 26.2 Å². The minimum absolute atomic E-state index is 0.000339. The molecule has 0 bridgehead atoms. The van der Waals surface area contributed by atoms with E-state index in [1.807, 2.05) is 36.4 Å². The Labute approximate surface area is 167 Å². The Morgan fingerprint density at radius 3 is 2.54 bits per heavy atom. The summed E-state index contributed by atoms with van der Waals surface area (Å²) in [6.07, 6.45) is 4.39. The molecule has 2 aromatic rings. The summed E-state index contributed by atoms with van der Waals surface area (Å²) >= 11 is 0. The van der Waals surface area contributed by atoms with Crippen molar-refractivity contribution in [2.24, 2.45) is 11.7 Å². The second-order valence-corrected chi connectivity index (χ2v) is 7.49. The lowest BCUT2D eigenvalue weighted by Gasteiger charge is -2.28. The van der Waals surface area contributed by atoms with Crippen LogP contribution in [0.25, 0.3) is 0 Å². The van der Waals surface area contributed by atoms with Gasteiger partial charge in [0.2, 0.25) is 5.91 Å². The number of ether oxygens (including phenoxy) is 2. The Kier molecular flexibility index (Phi) is 6.93. The third-order valence-corrected chi connectivity index (χ3v) is 5.49. The van der Waals surface area contributed by atoms with Gasteiger partial charge >= 0.3 is 0 Å². The molecule has 3 N–H and O–H groups in total. The monoisotopic (exact) mass is 382 g/mol. The van der Waals surface area contributed by atoms with E-state index >= 15 is 0 Å². The number of nitrogens with one attached hydrogen (secondary N) is 1. The lowest BCUT2D eigenvalue weighted by molar-refractivity contribution is -0.126. The first kappa shape index (κ1) is 20.2. The quantitative estimate of drug-likeness (QED) is 0.767. The molecule has 3 rings (SSSR count). The number of hydrogen-bond acceptors (Lipinski definition) is 4. The Balaban J connectivity index is 1.79. The van der Waals surface area contributed by atoms with E-state index < -0.39 is 0 Å². The molecule has 1 amide bonds. The van der Waals surface area contributed by atoms with E-state index in [1.165, 1.54) is 0 Å². The number of benzene rings is 2. The van der Waals surface area contributed by atoms with E-state index in [4.69, 9.17) is 15.2 Å². The average molecular weight is 383 g/mol. The number of amides is 1. The van der Waals surface area contributed by atoms with E-state index in [0.29, 0.717) is 17.9 Å². The fraction of sp³-hybridized carbons (Fsp3) is 0.435. The minimum atomic E-state index is -0.107. The molecule has 0 radical (unpaired) electrons. The van der Waals surface area contributed by atoms with Crippen molar-refractivity contribution in [2.75, 3.05) is 14.2 Å². The molecule has 2 aromatic carbocycles. The first-order valence-corrected chi connectivity index (χ1v) is 9.92. The second kappa shape index (κ2) is 9.60. The van der Waals surface area contributed by atoms with E-state index in [9.17, 15) is 4.79 Å². The van der Waals surface area contributed by atoms with E-state index in [-0.39, 0.29) is 23.9 Å². The third kappa shape index (κ3) is 5.04. The first-order chi connectivity index (χ1) is 13.6. The standard InChI is InChI=1S/C23H30N2O3/c1-27-21-12-11-16(14-22(21)28-2)13-20(17-7-4-3-5-8-17)25-23(26)18-9-6-10-19(24)15-18/h3-5,7-8,11-12,14,18-20H,6,9-10,13,15,24H2,1-2H3,(H,25,26). The van der Waals surface area contributed by atoms with Gasteiger partial charge in [0.05, 0.1) is 20.3 Å². The van der Waals surface area contributed by atoms with Crippen LogP contribution in [0.5, 0.6) is 11.5 Å². The van der Waals surface area contributed by atoms with Gasteiger partial charge in [-0.25, -0.2) is 0 Å². The van der Waals surface area contributed by atoms with Gasteiger partial charge < -0.3 is 20.5 Å². The van der Waals surface area contributed by atoms with Crippen LogP contribution in [0.15, 0.2) is 48.5 Å². The van der Waals surface area contributed by atoms with Crippen molar-refractivity contribution in [1.29, 1.82) is 0 Å². The van der Waals surface area contributed by atoms with Gasteiger partial charge in [-0.3, -0.25) is 4.79 Å². The molecule has 1 aliphatic rings. The predicted octanol–water partition coefficient (Wildman–Crippen LogP) is 3.62. The number of carbonyl (C=O) groups excluding carboxylic acids is 1. The fourth-order valence-electron chi connectivity index (χ4n) is 3.94. The van der Waals surface area contributed by atoms with E-state index in [2.05, 4.69) is 17.4 Å². The molecule has 28 heavy (non-hydrogen) atoms. The lowest BCUT2D eigenvalue weighted by atomic mass is 9.85. The smallest absolute Gasteiger partial charge is 0.223 e. The topological polar surface area (TPSA) is 73.6 Å². The highest BCUT2D eigenvalue weighted by Crippen LogP contribution is 2.30. The fourth-order valence-corrected chi connectivity index (χ4v) is 3.94. The molecule has 0 heterocycles. The summed E-state index contributed by atoms with van der Waals surface area (Å²) in [5, 5.41) is 3.27. The van der Waals surface area contributed by atoms with Crippen molar-refractivity contribution in [2.45, 2.75) is 44.2 Å². The molecule has 0 spiro atoms.